The van der Waals surface area contributed by atoms with Gasteiger partial charge in [0.1, 0.15) is 18.0 Å². The highest BCUT2D eigenvalue weighted by Crippen LogP contribution is 2.30. The molecule has 0 saturated heterocycles. The van der Waals surface area contributed by atoms with Crippen LogP contribution in [0.3, 0.4) is 0 Å². The standard InChI is InChI=1S/C17H27NO3/c1-17(10-5-3-2-4-6-11-17)21-20-16-9-7-8-15(14-16)19-13-12-18/h7-9,14H,2-6,10-13,18H2,1H3. The van der Waals surface area contributed by atoms with E-state index < -0.39 is 0 Å². The lowest BCUT2D eigenvalue weighted by Crippen LogP contribution is -2.31. The molecule has 0 spiro atoms. The first kappa shape index (κ1) is 16.1. The van der Waals surface area contributed by atoms with Gasteiger partial charge in [-0.3, -0.25) is 0 Å². The highest BCUT2D eigenvalue weighted by molar-refractivity contribution is 5.32. The molecule has 0 aliphatic heterocycles. The van der Waals surface area contributed by atoms with Gasteiger partial charge in [0.25, 0.3) is 0 Å². The molecule has 1 fully saturated rings. The fourth-order valence-electron chi connectivity index (χ4n) is 2.68. The lowest BCUT2D eigenvalue weighted by molar-refractivity contribution is -0.292. The Hall–Kier alpha value is -1.26. The average molecular weight is 293 g/mol. The van der Waals surface area contributed by atoms with Crippen LogP contribution < -0.4 is 15.4 Å². The lowest BCUT2D eigenvalue weighted by Gasteiger charge is -2.29. The van der Waals surface area contributed by atoms with Crippen molar-refractivity contribution in [1.29, 1.82) is 0 Å². The Bertz CT molecular complexity index is 414. The third-order valence-electron chi connectivity index (χ3n) is 3.94. The number of ether oxygens (including phenoxy) is 1. The molecule has 0 unspecified atom stereocenters. The van der Waals surface area contributed by atoms with Crippen LogP contribution in [-0.2, 0) is 4.89 Å². The van der Waals surface area contributed by atoms with Crippen LogP contribution in [-0.4, -0.2) is 18.8 Å². The van der Waals surface area contributed by atoms with Gasteiger partial charge in [0.15, 0.2) is 5.75 Å². The molecule has 1 aromatic rings. The largest absolute Gasteiger partial charge is 0.492 e. The third kappa shape index (κ3) is 5.56. The maximum atomic E-state index is 5.77. The van der Waals surface area contributed by atoms with Crippen LogP contribution in [0.25, 0.3) is 0 Å². The molecule has 2 rings (SSSR count). The summed E-state index contributed by atoms with van der Waals surface area (Å²) in [5.74, 6) is 1.43. The van der Waals surface area contributed by atoms with Gasteiger partial charge in [0.05, 0.1) is 0 Å². The summed E-state index contributed by atoms with van der Waals surface area (Å²) in [6.07, 6.45) is 8.45. The van der Waals surface area contributed by atoms with Gasteiger partial charge in [-0.1, -0.05) is 38.2 Å². The fraction of sp³-hybridized carbons (Fsp3) is 0.647. The predicted molar refractivity (Wildman–Crippen MR) is 83.4 cm³/mol. The zero-order chi connectivity index (χ0) is 15.0. The quantitative estimate of drug-likeness (QED) is 0.639. The van der Waals surface area contributed by atoms with Crippen LogP contribution in [0.15, 0.2) is 24.3 Å². The Balaban J connectivity index is 1.88. The van der Waals surface area contributed by atoms with Crippen molar-refractivity contribution < 1.29 is 14.5 Å². The Morgan fingerprint density at radius 3 is 2.43 bits per heavy atom. The molecule has 0 bridgehead atoms. The molecule has 118 valence electrons. The summed E-state index contributed by atoms with van der Waals surface area (Å²) in [4.78, 5) is 11.3. The SMILES string of the molecule is CC1(OOc2cccc(OCCN)c2)CCCCCCC1. The molecule has 4 nitrogen and oxygen atoms in total. The molecule has 21 heavy (non-hydrogen) atoms. The van der Waals surface area contributed by atoms with E-state index in [2.05, 4.69) is 6.92 Å². The highest BCUT2D eigenvalue weighted by atomic mass is 17.2. The van der Waals surface area contributed by atoms with E-state index in [-0.39, 0.29) is 5.60 Å². The molecule has 0 atom stereocenters. The van der Waals surface area contributed by atoms with Crippen LogP contribution in [0.4, 0.5) is 0 Å². The molecule has 1 aliphatic rings. The molecular weight excluding hydrogens is 266 g/mol. The molecule has 4 heteroatoms. The van der Waals surface area contributed by atoms with Crippen molar-refractivity contribution >= 4 is 0 Å². The number of rotatable bonds is 6. The predicted octanol–water partition coefficient (Wildman–Crippen LogP) is 3.84. The van der Waals surface area contributed by atoms with Gasteiger partial charge in [0.2, 0.25) is 0 Å². The molecule has 0 amide bonds. The number of benzene rings is 1. The summed E-state index contributed by atoms with van der Waals surface area (Å²) in [5, 5.41) is 0. The summed E-state index contributed by atoms with van der Waals surface area (Å²) < 4.78 is 5.49. The van der Waals surface area contributed by atoms with Crippen molar-refractivity contribution in [3.05, 3.63) is 24.3 Å². The molecule has 1 saturated carbocycles. The number of nitrogens with two attached hydrogens (primary N) is 1. The van der Waals surface area contributed by atoms with E-state index in [1.807, 2.05) is 24.3 Å². The minimum atomic E-state index is -0.186. The van der Waals surface area contributed by atoms with Gasteiger partial charge in [-0.05, 0) is 31.9 Å². The van der Waals surface area contributed by atoms with Gasteiger partial charge in [0, 0.05) is 12.6 Å². The summed E-state index contributed by atoms with van der Waals surface area (Å²) in [5.41, 5.74) is 5.25. The van der Waals surface area contributed by atoms with Crippen molar-refractivity contribution in [3.8, 4) is 11.5 Å². The smallest absolute Gasteiger partial charge is 0.169 e. The molecule has 1 aliphatic carbocycles. The maximum Gasteiger partial charge on any atom is 0.169 e. The zero-order valence-electron chi connectivity index (χ0n) is 13.0. The van der Waals surface area contributed by atoms with E-state index >= 15 is 0 Å². The topological polar surface area (TPSA) is 53.7 Å². The van der Waals surface area contributed by atoms with Crippen LogP contribution in [0, 0.1) is 0 Å². The van der Waals surface area contributed by atoms with Crippen molar-refractivity contribution in [1.82, 2.24) is 0 Å². The van der Waals surface area contributed by atoms with Gasteiger partial charge in [-0.2, -0.15) is 4.89 Å². The van der Waals surface area contributed by atoms with E-state index in [1.165, 1.54) is 32.1 Å². The first-order chi connectivity index (χ1) is 10.2. The maximum absolute atomic E-state index is 5.77. The summed E-state index contributed by atoms with van der Waals surface area (Å²) in [6, 6.07) is 7.49. The van der Waals surface area contributed by atoms with E-state index in [1.54, 1.807) is 0 Å². The first-order valence-electron chi connectivity index (χ1n) is 8.00. The Kier molecular flexibility index (Phi) is 6.33. The van der Waals surface area contributed by atoms with Gasteiger partial charge in [-0.15, -0.1) is 0 Å². The Labute approximate surface area is 127 Å². The van der Waals surface area contributed by atoms with Crippen LogP contribution in [0.1, 0.15) is 51.9 Å². The van der Waals surface area contributed by atoms with E-state index in [0.717, 1.165) is 18.6 Å². The zero-order valence-corrected chi connectivity index (χ0v) is 13.0. The van der Waals surface area contributed by atoms with Crippen LogP contribution in [0.5, 0.6) is 11.5 Å². The van der Waals surface area contributed by atoms with Crippen molar-refractivity contribution in [2.45, 2.75) is 57.5 Å². The Morgan fingerprint density at radius 1 is 1.05 bits per heavy atom. The Morgan fingerprint density at radius 2 is 1.71 bits per heavy atom. The first-order valence-corrected chi connectivity index (χ1v) is 8.00. The van der Waals surface area contributed by atoms with Crippen LogP contribution in [0.2, 0.25) is 0 Å². The second kappa shape index (κ2) is 8.25. The molecule has 1 aromatic carbocycles. The number of hydrogen-bond acceptors (Lipinski definition) is 4. The monoisotopic (exact) mass is 293 g/mol. The number of hydrogen-bond donors (Lipinski definition) is 1. The molecular formula is C17H27NO3. The third-order valence-corrected chi connectivity index (χ3v) is 3.94. The van der Waals surface area contributed by atoms with Crippen LogP contribution >= 0.6 is 0 Å². The molecule has 0 heterocycles. The molecule has 0 aromatic heterocycles. The summed E-state index contributed by atoms with van der Waals surface area (Å²) in [7, 11) is 0. The van der Waals surface area contributed by atoms with E-state index in [0.29, 0.717) is 18.9 Å². The van der Waals surface area contributed by atoms with Crippen molar-refractivity contribution in [3.63, 3.8) is 0 Å². The van der Waals surface area contributed by atoms with Crippen molar-refractivity contribution in [2.24, 2.45) is 5.73 Å². The minimum Gasteiger partial charge on any atom is -0.492 e. The summed E-state index contributed by atoms with van der Waals surface area (Å²) in [6.45, 7) is 3.15. The minimum absolute atomic E-state index is 0.186. The molecule has 2 N–H and O–H groups in total. The second-order valence-corrected chi connectivity index (χ2v) is 6.00. The normalized spacial score (nSPS) is 18.6. The van der Waals surface area contributed by atoms with E-state index in [4.69, 9.17) is 20.2 Å². The van der Waals surface area contributed by atoms with Gasteiger partial charge in [-0.25, -0.2) is 0 Å². The highest BCUT2D eigenvalue weighted by Gasteiger charge is 2.27. The summed E-state index contributed by atoms with van der Waals surface area (Å²) >= 11 is 0. The lowest BCUT2D eigenvalue weighted by atomic mass is 9.89. The van der Waals surface area contributed by atoms with Gasteiger partial charge < -0.3 is 15.4 Å². The second-order valence-electron chi connectivity index (χ2n) is 6.00. The van der Waals surface area contributed by atoms with Crippen molar-refractivity contribution in [2.75, 3.05) is 13.2 Å². The van der Waals surface area contributed by atoms with Gasteiger partial charge >= 0.3 is 0 Å². The molecule has 0 radical (unpaired) electrons. The van der Waals surface area contributed by atoms with E-state index in [9.17, 15) is 0 Å². The fourth-order valence-corrected chi connectivity index (χ4v) is 2.68. The average Bonchev–Trinajstić information content (AvgIpc) is 2.48.